The number of nitrogens with two attached hydrogens (primary N) is 2. The maximum absolute atomic E-state index is 13.8. The molecule has 4 atom stereocenters. The summed E-state index contributed by atoms with van der Waals surface area (Å²) in [5, 5.41) is 44.4. The number of likely N-dealkylation sites (N-methyl/N-ethyl adjacent to an activating group) is 1. The van der Waals surface area contributed by atoms with Crippen molar-refractivity contribution in [2.75, 3.05) is 14.1 Å². The lowest BCUT2D eigenvalue weighted by atomic mass is 9.57. The Morgan fingerprint density at radius 2 is 1.83 bits per heavy atom. The highest BCUT2D eigenvalue weighted by molar-refractivity contribution is 6.24. The Bertz CT molecular complexity index is 1280. The quantitative estimate of drug-likeness (QED) is 0.241. The van der Waals surface area contributed by atoms with E-state index >= 15 is 0 Å². The number of carbonyl (C=O) groups excluding carboxylic acids is 4. The second-order valence-electron chi connectivity index (χ2n) is 9.51. The molecule has 0 heterocycles. The third kappa shape index (κ3) is 3.15. The molecule has 0 saturated heterocycles. The van der Waals surface area contributed by atoms with Crippen LogP contribution in [-0.4, -0.2) is 74.3 Å². The molecule has 1 fully saturated rings. The highest BCUT2D eigenvalue weighted by Gasteiger charge is 2.64. The molecule has 1 amide bonds. The summed E-state index contributed by atoms with van der Waals surface area (Å²) in [6.45, 7) is 1.17. The van der Waals surface area contributed by atoms with E-state index in [4.69, 9.17) is 11.5 Å². The van der Waals surface area contributed by atoms with E-state index < -0.39 is 63.8 Å². The van der Waals surface area contributed by atoms with Crippen LogP contribution in [0.5, 0.6) is 5.75 Å². The van der Waals surface area contributed by atoms with Crippen molar-refractivity contribution in [1.29, 1.82) is 0 Å². The summed E-state index contributed by atoms with van der Waals surface area (Å²) in [5.74, 6) is -7.72. The Kier molecular flexibility index (Phi) is 5.62. The molecule has 0 unspecified atom stereocenters. The molecule has 1 saturated carbocycles. The lowest BCUT2D eigenvalue weighted by Crippen LogP contribution is -2.65. The van der Waals surface area contributed by atoms with E-state index in [0.717, 1.165) is 0 Å². The molecule has 11 heteroatoms. The van der Waals surface area contributed by atoms with Gasteiger partial charge in [-0.15, -0.1) is 0 Å². The highest BCUT2D eigenvalue weighted by Crippen LogP contribution is 2.53. The minimum Gasteiger partial charge on any atom is -0.508 e. The van der Waals surface area contributed by atoms with E-state index in [2.05, 4.69) is 0 Å². The zero-order chi connectivity index (χ0) is 26.1. The van der Waals surface area contributed by atoms with Crippen LogP contribution in [0.2, 0.25) is 0 Å². The molecule has 186 valence electrons. The van der Waals surface area contributed by atoms with Crippen LogP contribution < -0.4 is 11.5 Å². The topological polar surface area (TPSA) is 204 Å². The summed E-state index contributed by atoms with van der Waals surface area (Å²) in [6.07, 6.45) is -0.00955. The van der Waals surface area contributed by atoms with Gasteiger partial charge in [0.25, 0.3) is 5.91 Å². The number of aliphatic hydroxyl groups is 3. The molecule has 4 rings (SSSR count). The number of carbonyl (C=O) groups is 4. The van der Waals surface area contributed by atoms with Crippen LogP contribution >= 0.6 is 0 Å². The molecule has 1 aromatic rings. The second kappa shape index (κ2) is 8.01. The van der Waals surface area contributed by atoms with E-state index in [9.17, 15) is 39.6 Å². The van der Waals surface area contributed by atoms with Gasteiger partial charge in [0.05, 0.1) is 11.6 Å². The lowest BCUT2D eigenvalue weighted by Gasteiger charge is -2.50. The fourth-order valence-electron chi connectivity index (χ4n) is 5.84. The number of nitrogens with zero attached hydrogens (tertiary/aromatic N) is 1. The third-order valence-electron chi connectivity index (χ3n) is 7.40. The van der Waals surface area contributed by atoms with Gasteiger partial charge in [-0.25, -0.2) is 0 Å². The van der Waals surface area contributed by atoms with Crippen molar-refractivity contribution in [3.05, 3.63) is 45.2 Å². The molecule has 0 aromatic heterocycles. The number of aliphatic hydroxyl groups excluding tert-OH is 2. The zero-order valence-corrected chi connectivity index (χ0v) is 19.5. The average Bonchev–Trinajstić information content (AvgIpc) is 2.75. The summed E-state index contributed by atoms with van der Waals surface area (Å²) in [7, 11) is 3.04. The van der Waals surface area contributed by atoms with Gasteiger partial charge in [-0.2, -0.15) is 0 Å². The van der Waals surface area contributed by atoms with E-state index in [1.165, 1.54) is 32.0 Å². The van der Waals surface area contributed by atoms with Gasteiger partial charge in [0, 0.05) is 29.2 Å². The number of amides is 1. The standard InChI is InChI=1S/C24H27N3O8/c1-8(28)11-5-10(7-25)18(29)15-12(11)4-9-6-13-17(27(2)3)20(31)16(23(26)34)22(33)24(13,35)21(32)14(9)19(15)30/h5,9,13,17,29-30,33,35H,4,6-7,25H2,1-3H3,(H2,26,34)/t9-,13-,17-,24-/m0/s1. The van der Waals surface area contributed by atoms with Crippen molar-refractivity contribution in [3.8, 4) is 5.75 Å². The summed E-state index contributed by atoms with van der Waals surface area (Å²) in [6, 6.07) is 0.267. The zero-order valence-electron chi connectivity index (χ0n) is 19.5. The van der Waals surface area contributed by atoms with Crippen LogP contribution in [0.1, 0.15) is 40.4 Å². The number of phenolic OH excluding ortho intramolecular Hbond substituents is 1. The van der Waals surface area contributed by atoms with Crippen molar-refractivity contribution >= 4 is 29.0 Å². The second-order valence-corrected chi connectivity index (χ2v) is 9.51. The lowest BCUT2D eigenvalue weighted by molar-refractivity contribution is -0.153. The summed E-state index contributed by atoms with van der Waals surface area (Å²) < 4.78 is 0. The van der Waals surface area contributed by atoms with Crippen molar-refractivity contribution in [2.24, 2.45) is 23.3 Å². The van der Waals surface area contributed by atoms with Crippen LogP contribution in [-0.2, 0) is 27.3 Å². The highest BCUT2D eigenvalue weighted by atomic mass is 16.3. The Morgan fingerprint density at radius 3 is 2.34 bits per heavy atom. The molecule has 35 heavy (non-hydrogen) atoms. The smallest absolute Gasteiger partial charge is 0.255 e. The van der Waals surface area contributed by atoms with Gasteiger partial charge in [0.2, 0.25) is 5.78 Å². The van der Waals surface area contributed by atoms with Gasteiger partial charge in [-0.3, -0.25) is 24.1 Å². The van der Waals surface area contributed by atoms with Gasteiger partial charge in [-0.1, -0.05) is 0 Å². The maximum Gasteiger partial charge on any atom is 0.255 e. The Morgan fingerprint density at radius 1 is 1.20 bits per heavy atom. The number of phenols is 1. The Hall–Kier alpha value is -3.54. The van der Waals surface area contributed by atoms with E-state index in [1.54, 1.807) is 0 Å². The molecule has 0 spiro atoms. The number of primary amides is 1. The van der Waals surface area contributed by atoms with E-state index in [-0.39, 0.29) is 47.4 Å². The maximum atomic E-state index is 13.8. The number of Topliss-reactive ketones (excluding diaryl/α,β-unsaturated/α-hetero) is 3. The SMILES string of the molecule is CC(=O)c1cc(CN)c(O)c2c1C[C@H]1C[C@H]3[C@H](N(C)C)C(=O)C(C(N)=O)=C(O)[C@@]3(O)C(=O)C1=C2O. The van der Waals surface area contributed by atoms with Crippen LogP contribution in [0.15, 0.2) is 23.0 Å². The predicted octanol–water partition coefficient (Wildman–Crippen LogP) is -0.375. The first kappa shape index (κ1) is 24.6. The van der Waals surface area contributed by atoms with Crippen LogP contribution in [0.25, 0.3) is 5.76 Å². The first-order valence-corrected chi connectivity index (χ1v) is 11.0. The average molecular weight is 485 g/mol. The van der Waals surface area contributed by atoms with Crippen LogP contribution in [0.4, 0.5) is 0 Å². The first-order valence-electron chi connectivity index (χ1n) is 11.0. The normalized spacial score (nSPS) is 28.1. The number of fused-ring (bicyclic) bond motifs is 3. The van der Waals surface area contributed by atoms with Crippen molar-refractivity contribution in [2.45, 2.75) is 38.0 Å². The minimum atomic E-state index is -2.71. The molecule has 0 radical (unpaired) electrons. The number of rotatable bonds is 4. The Labute approximate surface area is 200 Å². The fraction of sp³-hybridized carbons (Fsp3) is 0.417. The van der Waals surface area contributed by atoms with Gasteiger partial charge >= 0.3 is 0 Å². The molecule has 0 bridgehead atoms. The van der Waals surface area contributed by atoms with Gasteiger partial charge < -0.3 is 31.9 Å². The van der Waals surface area contributed by atoms with E-state index in [0.29, 0.717) is 5.56 Å². The van der Waals surface area contributed by atoms with Crippen molar-refractivity contribution < 1.29 is 39.6 Å². The summed E-state index contributed by atoms with van der Waals surface area (Å²) >= 11 is 0. The molecule has 3 aliphatic rings. The monoisotopic (exact) mass is 485 g/mol. The number of benzene rings is 1. The van der Waals surface area contributed by atoms with Crippen LogP contribution in [0.3, 0.4) is 0 Å². The van der Waals surface area contributed by atoms with Gasteiger partial charge in [-0.05, 0) is 51.4 Å². The molecule has 8 N–H and O–H groups in total. The largest absolute Gasteiger partial charge is 0.508 e. The minimum absolute atomic E-state index is 0.0435. The van der Waals surface area contributed by atoms with Crippen molar-refractivity contribution in [3.63, 3.8) is 0 Å². The third-order valence-corrected chi connectivity index (χ3v) is 7.40. The number of aromatic hydroxyl groups is 1. The summed E-state index contributed by atoms with van der Waals surface area (Å²) in [4.78, 5) is 52.6. The first-order chi connectivity index (χ1) is 16.3. The Balaban J connectivity index is 2.02. The van der Waals surface area contributed by atoms with Gasteiger partial charge in [0.1, 0.15) is 22.8 Å². The van der Waals surface area contributed by atoms with E-state index in [1.807, 2.05) is 0 Å². The predicted molar refractivity (Wildman–Crippen MR) is 122 cm³/mol. The molecular weight excluding hydrogens is 458 g/mol. The molecule has 0 aliphatic heterocycles. The van der Waals surface area contributed by atoms with Crippen molar-refractivity contribution in [1.82, 2.24) is 4.90 Å². The number of hydrogen-bond acceptors (Lipinski definition) is 10. The molecule has 11 nitrogen and oxygen atoms in total. The van der Waals surface area contributed by atoms with Gasteiger partial charge in [0.15, 0.2) is 17.2 Å². The number of ketones is 3. The fourth-order valence-corrected chi connectivity index (χ4v) is 5.84. The summed E-state index contributed by atoms with van der Waals surface area (Å²) in [5.41, 5.74) is 7.69. The molecule has 3 aliphatic carbocycles. The van der Waals surface area contributed by atoms with Crippen LogP contribution in [0, 0.1) is 11.8 Å². The molecular formula is C24H27N3O8. The molecule has 1 aromatic carbocycles. The number of hydrogen-bond donors (Lipinski definition) is 6.